The largest absolute Gasteiger partial charge is 0.506 e. The molecule has 0 amide bonds. The maximum atomic E-state index is 10.8. The predicted octanol–water partition coefficient (Wildman–Crippen LogP) is 2.67. The summed E-state index contributed by atoms with van der Waals surface area (Å²) in [5.74, 6) is -1.15. The summed E-state index contributed by atoms with van der Waals surface area (Å²) < 4.78 is 0. The third kappa shape index (κ3) is 3.47. The minimum Gasteiger partial charge on any atom is -0.506 e. The fourth-order valence-corrected chi connectivity index (χ4v) is 1.84. The van der Waals surface area contributed by atoms with Crippen molar-refractivity contribution in [1.82, 2.24) is 0 Å². The zero-order chi connectivity index (χ0) is 15.4. The van der Waals surface area contributed by atoms with Gasteiger partial charge in [0.1, 0.15) is 5.75 Å². The Morgan fingerprint density at radius 2 is 1.90 bits per heavy atom. The lowest BCUT2D eigenvalue weighted by Crippen LogP contribution is -2.03. The molecule has 0 heterocycles. The molecule has 0 saturated carbocycles. The number of phenolic OH excluding ortho intramolecular Hbond substituents is 1. The molecule has 2 rings (SSSR count). The lowest BCUT2D eigenvalue weighted by atomic mass is 10.1. The van der Waals surface area contributed by atoms with E-state index >= 15 is 0 Å². The standard InChI is InChI=1S/C14H12N2O5/c17-13-6-5-10(16(20)21)8-12(13)15-11-4-2-1-3-9(11)7-14(18)19/h1-6,8,15,17H,7H2,(H,18,19). The van der Waals surface area contributed by atoms with Gasteiger partial charge in [0, 0.05) is 17.8 Å². The number of nitro groups is 1. The minimum absolute atomic E-state index is 0.141. The van der Waals surface area contributed by atoms with Gasteiger partial charge in [-0.05, 0) is 17.7 Å². The molecule has 21 heavy (non-hydrogen) atoms. The van der Waals surface area contributed by atoms with E-state index in [1.165, 1.54) is 18.2 Å². The first-order valence-corrected chi connectivity index (χ1v) is 6.01. The first-order valence-electron chi connectivity index (χ1n) is 6.01. The highest BCUT2D eigenvalue weighted by Crippen LogP contribution is 2.31. The number of nitrogens with zero attached hydrogens (tertiary/aromatic N) is 1. The maximum absolute atomic E-state index is 10.8. The molecule has 7 heteroatoms. The number of benzene rings is 2. The summed E-state index contributed by atoms with van der Waals surface area (Å²) >= 11 is 0. The highest BCUT2D eigenvalue weighted by molar-refractivity contribution is 5.76. The van der Waals surface area contributed by atoms with Crippen molar-refractivity contribution in [3.05, 3.63) is 58.1 Å². The first-order chi connectivity index (χ1) is 9.97. The average Bonchev–Trinajstić information content (AvgIpc) is 2.42. The molecule has 0 spiro atoms. The van der Waals surface area contributed by atoms with Crippen molar-refractivity contribution in [3.8, 4) is 5.75 Å². The number of aromatic hydroxyl groups is 1. The van der Waals surface area contributed by atoms with Crippen LogP contribution in [-0.4, -0.2) is 21.1 Å². The van der Waals surface area contributed by atoms with Crippen LogP contribution in [0.2, 0.25) is 0 Å². The van der Waals surface area contributed by atoms with Gasteiger partial charge in [0.15, 0.2) is 0 Å². The first kappa shape index (κ1) is 14.3. The lowest BCUT2D eigenvalue weighted by molar-refractivity contribution is -0.384. The SMILES string of the molecule is O=C(O)Cc1ccccc1Nc1cc([N+](=O)[O-])ccc1O. The summed E-state index contributed by atoms with van der Waals surface area (Å²) in [5, 5.41) is 32.2. The number of hydrogen-bond donors (Lipinski definition) is 3. The molecule has 0 atom stereocenters. The van der Waals surface area contributed by atoms with Crippen LogP contribution in [0.15, 0.2) is 42.5 Å². The predicted molar refractivity (Wildman–Crippen MR) is 75.8 cm³/mol. The Morgan fingerprint density at radius 1 is 1.19 bits per heavy atom. The molecule has 0 aliphatic rings. The molecular formula is C14H12N2O5. The minimum atomic E-state index is -0.993. The number of hydrogen-bond acceptors (Lipinski definition) is 5. The molecule has 0 bridgehead atoms. The van der Waals surface area contributed by atoms with E-state index in [9.17, 15) is 20.0 Å². The molecule has 3 N–H and O–H groups in total. The third-order valence-electron chi connectivity index (χ3n) is 2.82. The number of carboxylic acid groups (broad SMARTS) is 1. The van der Waals surface area contributed by atoms with E-state index in [2.05, 4.69) is 5.32 Å². The molecule has 0 aliphatic carbocycles. The molecule has 2 aromatic carbocycles. The fraction of sp³-hybridized carbons (Fsp3) is 0.0714. The van der Waals surface area contributed by atoms with Gasteiger partial charge < -0.3 is 15.5 Å². The Labute approximate surface area is 119 Å². The van der Waals surface area contributed by atoms with Crippen molar-refractivity contribution in [2.75, 3.05) is 5.32 Å². The van der Waals surface area contributed by atoms with Gasteiger partial charge in [-0.3, -0.25) is 14.9 Å². The molecule has 0 fully saturated rings. The molecule has 0 saturated heterocycles. The van der Waals surface area contributed by atoms with Crippen LogP contribution in [-0.2, 0) is 11.2 Å². The van der Waals surface area contributed by atoms with Gasteiger partial charge in [-0.15, -0.1) is 0 Å². The summed E-state index contributed by atoms with van der Waals surface area (Å²) in [6.07, 6.45) is -0.196. The molecular weight excluding hydrogens is 276 g/mol. The van der Waals surface area contributed by atoms with Crippen molar-refractivity contribution in [2.24, 2.45) is 0 Å². The van der Waals surface area contributed by atoms with E-state index < -0.39 is 10.9 Å². The molecule has 0 radical (unpaired) electrons. The second kappa shape index (κ2) is 5.91. The smallest absolute Gasteiger partial charge is 0.307 e. The van der Waals surface area contributed by atoms with Gasteiger partial charge in [-0.25, -0.2) is 0 Å². The zero-order valence-corrected chi connectivity index (χ0v) is 10.8. The summed E-state index contributed by atoms with van der Waals surface area (Å²) in [5.41, 5.74) is 0.944. The van der Waals surface area contributed by atoms with Crippen molar-refractivity contribution in [3.63, 3.8) is 0 Å². The maximum Gasteiger partial charge on any atom is 0.307 e. The molecule has 0 unspecified atom stereocenters. The Hall–Kier alpha value is -3.09. The van der Waals surface area contributed by atoms with Gasteiger partial charge in [-0.1, -0.05) is 18.2 Å². The molecule has 0 aromatic heterocycles. The van der Waals surface area contributed by atoms with E-state index in [1.54, 1.807) is 24.3 Å². The van der Waals surface area contributed by atoms with Gasteiger partial charge in [0.2, 0.25) is 0 Å². The van der Waals surface area contributed by atoms with Gasteiger partial charge in [0.05, 0.1) is 17.0 Å². The quantitative estimate of drug-likeness (QED) is 0.443. The Kier molecular flexibility index (Phi) is 4.03. The number of rotatable bonds is 5. The third-order valence-corrected chi connectivity index (χ3v) is 2.82. The Morgan fingerprint density at radius 3 is 2.57 bits per heavy atom. The van der Waals surface area contributed by atoms with Crippen LogP contribution in [0.25, 0.3) is 0 Å². The lowest BCUT2D eigenvalue weighted by Gasteiger charge is -2.12. The monoisotopic (exact) mass is 288 g/mol. The van der Waals surface area contributed by atoms with Crippen molar-refractivity contribution in [2.45, 2.75) is 6.42 Å². The number of non-ortho nitro benzene ring substituents is 1. The normalized spacial score (nSPS) is 10.1. The fourth-order valence-electron chi connectivity index (χ4n) is 1.84. The van der Waals surface area contributed by atoms with E-state index in [1.807, 2.05) is 0 Å². The number of carbonyl (C=O) groups is 1. The van der Waals surface area contributed by atoms with Crippen molar-refractivity contribution < 1.29 is 19.9 Å². The second-order valence-electron chi connectivity index (χ2n) is 4.31. The van der Waals surface area contributed by atoms with Gasteiger partial charge in [0.25, 0.3) is 5.69 Å². The van der Waals surface area contributed by atoms with Crippen LogP contribution >= 0.6 is 0 Å². The summed E-state index contributed by atoms with van der Waals surface area (Å²) in [6.45, 7) is 0. The number of para-hydroxylation sites is 1. The van der Waals surface area contributed by atoms with E-state index in [4.69, 9.17) is 5.11 Å². The van der Waals surface area contributed by atoms with Crippen molar-refractivity contribution in [1.29, 1.82) is 0 Å². The number of anilines is 2. The van der Waals surface area contributed by atoms with E-state index in [-0.39, 0.29) is 23.5 Å². The highest BCUT2D eigenvalue weighted by atomic mass is 16.6. The van der Waals surface area contributed by atoms with E-state index in [0.717, 1.165) is 0 Å². The van der Waals surface area contributed by atoms with Crippen LogP contribution in [0.3, 0.4) is 0 Å². The number of phenols is 1. The molecule has 0 aliphatic heterocycles. The Balaban J connectivity index is 2.36. The van der Waals surface area contributed by atoms with Crippen molar-refractivity contribution >= 4 is 23.0 Å². The number of nitrogens with one attached hydrogen (secondary N) is 1. The van der Waals surface area contributed by atoms with Crippen LogP contribution in [0, 0.1) is 10.1 Å². The number of aliphatic carboxylic acids is 1. The second-order valence-corrected chi connectivity index (χ2v) is 4.31. The van der Waals surface area contributed by atoms with Gasteiger partial charge in [-0.2, -0.15) is 0 Å². The molecule has 7 nitrogen and oxygen atoms in total. The summed E-state index contributed by atoms with van der Waals surface area (Å²) in [6, 6.07) is 10.2. The highest BCUT2D eigenvalue weighted by Gasteiger charge is 2.12. The summed E-state index contributed by atoms with van der Waals surface area (Å²) in [4.78, 5) is 21.0. The van der Waals surface area contributed by atoms with E-state index in [0.29, 0.717) is 11.3 Å². The topological polar surface area (TPSA) is 113 Å². The van der Waals surface area contributed by atoms with Crippen LogP contribution in [0.1, 0.15) is 5.56 Å². The molecule has 2 aromatic rings. The van der Waals surface area contributed by atoms with Crippen LogP contribution in [0.4, 0.5) is 17.1 Å². The Bertz CT molecular complexity index is 700. The van der Waals surface area contributed by atoms with Gasteiger partial charge >= 0.3 is 5.97 Å². The number of nitro benzene ring substituents is 1. The van der Waals surface area contributed by atoms with Crippen LogP contribution < -0.4 is 5.32 Å². The number of carboxylic acids is 1. The zero-order valence-electron chi connectivity index (χ0n) is 10.8. The average molecular weight is 288 g/mol. The van der Waals surface area contributed by atoms with Crippen LogP contribution in [0.5, 0.6) is 5.75 Å². The summed E-state index contributed by atoms with van der Waals surface area (Å²) in [7, 11) is 0. The molecule has 108 valence electrons.